The van der Waals surface area contributed by atoms with Gasteiger partial charge in [0.2, 0.25) is 0 Å². The van der Waals surface area contributed by atoms with Gasteiger partial charge in [0.05, 0.1) is 9.90 Å². The molecule has 1 amide bonds. The first-order valence-electron chi connectivity index (χ1n) is 6.34. The average Bonchev–Trinajstić information content (AvgIpc) is 2.87. The number of rotatable bonds is 2. The topological polar surface area (TPSA) is 32.3 Å². The lowest BCUT2D eigenvalue weighted by Crippen LogP contribution is -2.47. The molecule has 1 aromatic carbocycles. The number of nitrogens with one attached hydrogen (secondary N) is 1. The van der Waals surface area contributed by atoms with Crippen LogP contribution < -0.4 is 5.32 Å². The predicted octanol–water partition coefficient (Wildman–Crippen LogP) is 4.53. The van der Waals surface area contributed by atoms with Crippen molar-refractivity contribution in [3.05, 3.63) is 51.2 Å². The van der Waals surface area contributed by atoms with Gasteiger partial charge in [-0.25, -0.2) is 0 Å². The summed E-state index contributed by atoms with van der Waals surface area (Å²) in [7, 11) is 0. The maximum Gasteiger partial charge on any atom is 0.406 e. The average molecular weight is 347 g/mol. The van der Waals surface area contributed by atoms with E-state index in [2.05, 4.69) is 5.32 Å². The van der Waals surface area contributed by atoms with E-state index >= 15 is 0 Å². The molecule has 2 aromatic rings. The quantitative estimate of drug-likeness (QED) is 0.866. The van der Waals surface area contributed by atoms with Gasteiger partial charge < -0.3 is 10.2 Å². The summed E-state index contributed by atoms with van der Waals surface area (Å²) in [5, 5.41) is 2.99. The molecular formula is C14H10ClF3N2OS. The zero-order valence-corrected chi connectivity index (χ0v) is 12.6. The van der Waals surface area contributed by atoms with Gasteiger partial charge in [-0.15, -0.1) is 11.3 Å². The van der Waals surface area contributed by atoms with E-state index in [-0.39, 0.29) is 5.56 Å². The molecule has 1 atom stereocenters. The van der Waals surface area contributed by atoms with Crippen LogP contribution in [0.4, 0.5) is 18.9 Å². The Morgan fingerprint density at radius 3 is 2.59 bits per heavy atom. The van der Waals surface area contributed by atoms with Gasteiger partial charge in [0.1, 0.15) is 12.7 Å². The number of nitrogens with zero attached hydrogens (tertiary/aromatic N) is 1. The molecule has 2 heterocycles. The van der Waals surface area contributed by atoms with Crippen molar-refractivity contribution < 1.29 is 18.0 Å². The molecule has 0 fully saturated rings. The van der Waals surface area contributed by atoms with Crippen molar-refractivity contribution in [3.63, 3.8) is 0 Å². The Balaban J connectivity index is 2.04. The molecule has 0 spiro atoms. The summed E-state index contributed by atoms with van der Waals surface area (Å²) in [6, 6.07) is 9.73. The molecule has 0 saturated heterocycles. The Kier molecular flexibility index (Phi) is 3.78. The number of amides is 1. The van der Waals surface area contributed by atoms with Crippen LogP contribution >= 0.6 is 22.9 Å². The fourth-order valence-electron chi connectivity index (χ4n) is 2.35. The number of benzene rings is 1. The SMILES string of the molecule is O=C1c2ccccc2NC(c2ccc(Cl)s2)N1CC(F)(F)F. The normalized spacial score (nSPS) is 18.1. The molecule has 8 heteroatoms. The second-order valence-electron chi connectivity index (χ2n) is 4.78. The van der Waals surface area contributed by atoms with Crippen molar-refractivity contribution >= 4 is 34.5 Å². The highest BCUT2D eigenvalue weighted by Gasteiger charge is 2.41. The van der Waals surface area contributed by atoms with Crippen LogP contribution in [0, 0.1) is 0 Å². The van der Waals surface area contributed by atoms with Gasteiger partial charge >= 0.3 is 6.18 Å². The molecule has 1 aromatic heterocycles. The number of thiophene rings is 1. The van der Waals surface area contributed by atoms with Crippen molar-refractivity contribution in [2.24, 2.45) is 0 Å². The summed E-state index contributed by atoms with van der Waals surface area (Å²) >= 11 is 7.00. The Labute approximate surface area is 133 Å². The van der Waals surface area contributed by atoms with Crippen LogP contribution in [-0.2, 0) is 0 Å². The van der Waals surface area contributed by atoms with Crippen molar-refractivity contribution in [3.8, 4) is 0 Å². The molecule has 1 aliphatic rings. The highest BCUT2D eigenvalue weighted by molar-refractivity contribution is 7.16. The fraction of sp³-hybridized carbons (Fsp3) is 0.214. The number of alkyl halides is 3. The molecule has 3 nitrogen and oxygen atoms in total. The molecule has 3 rings (SSSR count). The van der Waals surface area contributed by atoms with E-state index in [9.17, 15) is 18.0 Å². The standard InChI is InChI=1S/C14H10ClF3N2OS/c15-11-6-5-10(22-11)12-19-9-4-2-1-3-8(9)13(21)20(12)7-14(16,17)18/h1-6,12,19H,7H2. The van der Waals surface area contributed by atoms with Crippen LogP contribution in [0.5, 0.6) is 0 Å². The number of carbonyl (C=O) groups is 1. The summed E-state index contributed by atoms with van der Waals surface area (Å²) in [5.41, 5.74) is 0.742. The van der Waals surface area contributed by atoms with Crippen LogP contribution in [-0.4, -0.2) is 23.5 Å². The minimum absolute atomic E-state index is 0.227. The summed E-state index contributed by atoms with van der Waals surface area (Å²) in [6.45, 7) is -1.33. The van der Waals surface area contributed by atoms with Gasteiger partial charge in [-0.05, 0) is 24.3 Å². The van der Waals surface area contributed by atoms with Gasteiger partial charge in [0.25, 0.3) is 5.91 Å². The number of carbonyl (C=O) groups excluding carboxylic acids is 1. The fourth-order valence-corrected chi connectivity index (χ4v) is 3.47. The smallest absolute Gasteiger partial charge is 0.360 e. The lowest BCUT2D eigenvalue weighted by atomic mass is 10.1. The molecule has 1 aliphatic heterocycles. The Morgan fingerprint density at radius 2 is 1.95 bits per heavy atom. The van der Waals surface area contributed by atoms with E-state index in [1.165, 1.54) is 6.07 Å². The second-order valence-corrected chi connectivity index (χ2v) is 6.53. The van der Waals surface area contributed by atoms with Crippen LogP contribution in [0.2, 0.25) is 4.34 Å². The van der Waals surface area contributed by atoms with Gasteiger partial charge in [0, 0.05) is 10.6 Å². The Morgan fingerprint density at radius 1 is 1.23 bits per heavy atom. The molecule has 0 saturated carbocycles. The van der Waals surface area contributed by atoms with E-state index in [0.29, 0.717) is 14.9 Å². The van der Waals surface area contributed by atoms with Gasteiger partial charge in [-0.2, -0.15) is 13.2 Å². The third-order valence-electron chi connectivity index (χ3n) is 3.24. The van der Waals surface area contributed by atoms with E-state index in [1.54, 1.807) is 30.3 Å². The Hall–Kier alpha value is -1.73. The number of halogens is 4. The lowest BCUT2D eigenvalue weighted by molar-refractivity contribution is -0.144. The molecule has 1 N–H and O–H groups in total. The van der Waals surface area contributed by atoms with E-state index in [0.717, 1.165) is 16.2 Å². The van der Waals surface area contributed by atoms with Gasteiger partial charge in [-0.3, -0.25) is 4.79 Å². The van der Waals surface area contributed by atoms with Crippen LogP contribution in [0.3, 0.4) is 0 Å². The number of hydrogen-bond donors (Lipinski definition) is 1. The van der Waals surface area contributed by atoms with E-state index < -0.39 is 24.8 Å². The van der Waals surface area contributed by atoms with Crippen LogP contribution in [0.25, 0.3) is 0 Å². The summed E-state index contributed by atoms with van der Waals surface area (Å²) in [5.74, 6) is -0.652. The largest absolute Gasteiger partial charge is 0.406 e. The molecule has 0 bridgehead atoms. The van der Waals surface area contributed by atoms with Crippen molar-refractivity contribution in [1.29, 1.82) is 0 Å². The zero-order valence-electron chi connectivity index (χ0n) is 11.0. The van der Waals surface area contributed by atoms with Crippen LogP contribution in [0.15, 0.2) is 36.4 Å². The van der Waals surface area contributed by atoms with Gasteiger partial charge in [0.15, 0.2) is 0 Å². The molecule has 0 aliphatic carbocycles. The van der Waals surface area contributed by atoms with Crippen molar-refractivity contribution in [2.75, 3.05) is 11.9 Å². The lowest BCUT2D eigenvalue weighted by Gasteiger charge is -2.37. The van der Waals surface area contributed by atoms with Crippen molar-refractivity contribution in [1.82, 2.24) is 4.90 Å². The summed E-state index contributed by atoms with van der Waals surface area (Å²) in [4.78, 5) is 13.8. The highest BCUT2D eigenvalue weighted by atomic mass is 35.5. The molecule has 116 valence electrons. The first-order valence-corrected chi connectivity index (χ1v) is 7.53. The maximum absolute atomic E-state index is 12.8. The Bertz CT molecular complexity index is 716. The first kappa shape index (κ1) is 15.2. The van der Waals surface area contributed by atoms with Crippen LogP contribution in [0.1, 0.15) is 21.4 Å². The van der Waals surface area contributed by atoms with E-state index in [1.807, 2.05) is 0 Å². The first-order chi connectivity index (χ1) is 10.3. The predicted molar refractivity (Wildman–Crippen MR) is 79.2 cm³/mol. The molecule has 0 radical (unpaired) electrons. The monoisotopic (exact) mass is 346 g/mol. The number of fused-ring (bicyclic) bond motifs is 1. The number of hydrogen-bond acceptors (Lipinski definition) is 3. The molecule has 1 unspecified atom stereocenters. The highest BCUT2D eigenvalue weighted by Crippen LogP contribution is 2.38. The third kappa shape index (κ3) is 2.91. The number of para-hydroxylation sites is 1. The summed E-state index contributed by atoms with van der Waals surface area (Å²) < 4.78 is 39.0. The number of anilines is 1. The third-order valence-corrected chi connectivity index (χ3v) is 4.52. The van der Waals surface area contributed by atoms with E-state index in [4.69, 9.17) is 11.6 Å². The zero-order chi connectivity index (χ0) is 15.9. The minimum Gasteiger partial charge on any atom is -0.360 e. The molecule has 22 heavy (non-hydrogen) atoms. The second kappa shape index (κ2) is 5.48. The molecular weight excluding hydrogens is 337 g/mol. The van der Waals surface area contributed by atoms with Crippen molar-refractivity contribution in [2.45, 2.75) is 12.3 Å². The minimum atomic E-state index is -4.48. The maximum atomic E-state index is 12.8. The van der Waals surface area contributed by atoms with Gasteiger partial charge in [-0.1, -0.05) is 23.7 Å². The summed E-state index contributed by atoms with van der Waals surface area (Å²) in [6.07, 6.45) is -5.37.